The van der Waals surface area contributed by atoms with Crippen molar-refractivity contribution in [2.45, 2.75) is 54.5 Å². The zero-order valence-corrected chi connectivity index (χ0v) is 17.5. The Hall–Kier alpha value is -1.71. The third-order valence-corrected chi connectivity index (χ3v) is 8.00. The Morgan fingerprint density at radius 3 is 2.50 bits per heavy atom. The van der Waals surface area contributed by atoms with Crippen LogP contribution in [0.5, 0.6) is 0 Å². The maximum atomic E-state index is 13.6. The van der Waals surface area contributed by atoms with Gasteiger partial charge in [-0.1, -0.05) is 0 Å². The zero-order chi connectivity index (χ0) is 20.9. The standard InChI is InChI=1S/C21H26F2N4O2S/c22-14-9-13(10-15(23)11-14)21(29)4-6-27(7-5-21)19-24-16-1-8-30-17(16)18(25-19)26-20(12-28)2-3-20/h9-11,16-17,28-29H,1-8,12H2,(H,24,25,26). The van der Waals surface area contributed by atoms with E-state index in [0.717, 1.165) is 42.9 Å². The summed E-state index contributed by atoms with van der Waals surface area (Å²) < 4.78 is 27.3. The van der Waals surface area contributed by atoms with Crippen molar-refractivity contribution in [2.75, 3.05) is 25.4 Å². The number of aliphatic hydroxyl groups is 2. The molecule has 9 heteroatoms. The molecule has 2 unspecified atom stereocenters. The number of fused-ring (bicyclic) bond motifs is 1. The molecule has 0 bridgehead atoms. The van der Waals surface area contributed by atoms with Crippen LogP contribution in [0.3, 0.4) is 0 Å². The number of aliphatic hydroxyl groups excluding tert-OH is 1. The van der Waals surface area contributed by atoms with E-state index in [9.17, 15) is 19.0 Å². The summed E-state index contributed by atoms with van der Waals surface area (Å²) in [5.41, 5.74) is -1.31. The summed E-state index contributed by atoms with van der Waals surface area (Å²) in [4.78, 5) is 11.9. The molecule has 1 aromatic rings. The minimum absolute atomic E-state index is 0.0631. The molecule has 2 saturated heterocycles. The molecule has 1 saturated carbocycles. The second-order valence-corrected chi connectivity index (χ2v) is 10.0. The summed E-state index contributed by atoms with van der Waals surface area (Å²) >= 11 is 1.85. The highest BCUT2D eigenvalue weighted by atomic mass is 32.2. The number of nitrogens with zero attached hydrogens (tertiary/aromatic N) is 3. The van der Waals surface area contributed by atoms with Crippen LogP contribution >= 0.6 is 11.8 Å². The van der Waals surface area contributed by atoms with Gasteiger partial charge in [-0.05, 0) is 55.6 Å². The highest BCUT2D eigenvalue weighted by Gasteiger charge is 2.46. The average Bonchev–Trinajstić information content (AvgIpc) is 3.33. The first-order valence-corrected chi connectivity index (χ1v) is 11.6. The number of likely N-dealkylation sites (tertiary alicyclic amines) is 1. The van der Waals surface area contributed by atoms with Crippen molar-refractivity contribution in [2.24, 2.45) is 9.98 Å². The van der Waals surface area contributed by atoms with Gasteiger partial charge >= 0.3 is 0 Å². The van der Waals surface area contributed by atoms with Gasteiger partial charge in [-0.3, -0.25) is 4.99 Å². The summed E-state index contributed by atoms with van der Waals surface area (Å²) in [6, 6.07) is 3.41. The SMILES string of the molecule is OCC1(N=C2NC(N3CCC(O)(c4cc(F)cc(F)c4)CC3)=NC3CCSC23)CC1. The Bertz CT molecular complexity index is 877. The largest absolute Gasteiger partial charge is 0.394 e. The summed E-state index contributed by atoms with van der Waals surface area (Å²) in [6.07, 6.45) is 3.51. The third kappa shape index (κ3) is 3.71. The van der Waals surface area contributed by atoms with Crippen LogP contribution in [-0.4, -0.2) is 69.2 Å². The monoisotopic (exact) mass is 436 g/mol. The van der Waals surface area contributed by atoms with E-state index in [1.807, 2.05) is 11.8 Å². The van der Waals surface area contributed by atoms with E-state index in [1.165, 1.54) is 12.1 Å². The lowest BCUT2D eigenvalue weighted by atomic mass is 9.84. The van der Waals surface area contributed by atoms with Gasteiger partial charge in [-0.15, -0.1) is 11.8 Å². The maximum Gasteiger partial charge on any atom is 0.199 e. The number of aliphatic imine (C=N–C) groups is 2. The molecule has 3 heterocycles. The Morgan fingerprint density at radius 2 is 1.87 bits per heavy atom. The van der Waals surface area contributed by atoms with E-state index in [-0.39, 0.29) is 29.0 Å². The highest BCUT2D eigenvalue weighted by molar-refractivity contribution is 8.01. The molecule has 6 nitrogen and oxygen atoms in total. The van der Waals surface area contributed by atoms with Crippen molar-refractivity contribution in [1.29, 1.82) is 0 Å². The lowest BCUT2D eigenvalue weighted by molar-refractivity contribution is -0.0131. The van der Waals surface area contributed by atoms with Gasteiger partial charge in [0.05, 0.1) is 29.0 Å². The van der Waals surface area contributed by atoms with Gasteiger partial charge < -0.3 is 20.4 Å². The molecule has 2 atom stereocenters. The fraction of sp³-hybridized carbons (Fsp3) is 0.619. The maximum absolute atomic E-state index is 13.6. The topological polar surface area (TPSA) is 80.5 Å². The number of amidine groups is 1. The Morgan fingerprint density at radius 1 is 1.17 bits per heavy atom. The van der Waals surface area contributed by atoms with Crippen molar-refractivity contribution < 1.29 is 19.0 Å². The minimum Gasteiger partial charge on any atom is -0.394 e. The quantitative estimate of drug-likeness (QED) is 0.676. The first-order valence-electron chi connectivity index (χ1n) is 10.5. The summed E-state index contributed by atoms with van der Waals surface area (Å²) in [5, 5.41) is 24.3. The zero-order valence-electron chi connectivity index (χ0n) is 16.7. The molecule has 0 aromatic heterocycles. The molecule has 3 N–H and O–H groups in total. The van der Waals surface area contributed by atoms with Crippen molar-refractivity contribution >= 4 is 23.6 Å². The second-order valence-electron chi connectivity index (χ2n) is 8.78. The van der Waals surface area contributed by atoms with E-state index in [1.54, 1.807) is 0 Å². The lowest BCUT2D eigenvalue weighted by Crippen LogP contribution is -2.56. The number of guanidine groups is 1. The molecule has 0 amide bonds. The number of benzene rings is 1. The molecule has 1 aliphatic carbocycles. The van der Waals surface area contributed by atoms with Gasteiger partial charge in [0, 0.05) is 19.2 Å². The molecule has 5 rings (SSSR count). The fourth-order valence-electron chi connectivity index (χ4n) is 4.50. The molecule has 3 fully saturated rings. The number of hydrogen-bond donors (Lipinski definition) is 3. The molecule has 162 valence electrons. The molecular weight excluding hydrogens is 410 g/mol. The predicted molar refractivity (Wildman–Crippen MR) is 113 cm³/mol. The van der Waals surface area contributed by atoms with Gasteiger partial charge in [0.15, 0.2) is 5.96 Å². The Kier molecular flexibility index (Phi) is 5.02. The number of thioether (sulfide) groups is 1. The normalized spacial score (nSPS) is 30.6. The van der Waals surface area contributed by atoms with Gasteiger partial charge in [0.2, 0.25) is 0 Å². The molecule has 0 spiro atoms. The van der Waals surface area contributed by atoms with Crippen molar-refractivity contribution in [3.8, 4) is 0 Å². The van der Waals surface area contributed by atoms with Crippen molar-refractivity contribution in [3.63, 3.8) is 0 Å². The van der Waals surface area contributed by atoms with Crippen LogP contribution in [-0.2, 0) is 5.60 Å². The first kappa shape index (κ1) is 20.2. The summed E-state index contributed by atoms with van der Waals surface area (Å²) in [7, 11) is 0. The highest BCUT2D eigenvalue weighted by Crippen LogP contribution is 2.41. The number of rotatable bonds is 3. The van der Waals surface area contributed by atoms with Crippen LogP contribution in [0.1, 0.15) is 37.7 Å². The number of hydrogen-bond acceptors (Lipinski definition) is 6. The number of nitrogens with one attached hydrogen (secondary N) is 1. The average molecular weight is 437 g/mol. The van der Waals surface area contributed by atoms with Gasteiger partial charge in [-0.2, -0.15) is 0 Å². The van der Waals surface area contributed by atoms with E-state index >= 15 is 0 Å². The number of halogens is 2. The molecule has 4 aliphatic rings. The Balaban J connectivity index is 1.33. The Labute approximate surface area is 178 Å². The molecule has 3 aliphatic heterocycles. The smallest absolute Gasteiger partial charge is 0.199 e. The first-order chi connectivity index (χ1) is 14.4. The van der Waals surface area contributed by atoms with Crippen LogP contribution in [0, 0.1) is 11.6 Å². The second kappa shape index (κ2) is 7.46. The third-order valence-electron chi connectivity index (χ3n) is 6.63. The van der Waals surface area contributed by atoms with Crippen molar-refractivity contribution in [1.82, 2.24) is 10.2 Å². The van der Waals surface area contributed by atoms with Gasteiger partial charge in [0.25, 0.3) is 0 Å². The van der Waals surface area contributed by atoms with E-state index in [4.69, 9.17) is 9.98 Å². The van der Waals surface area contributed by atoms with Crippen LogP contribution in [0.4, 0.5) is 8.78 Å². The van der Waals surface area contributed by atoms with Crippen LogP contribution in [0.15, 0.2) is 28.2 Å². The lowest BCUT2D eigenvalue weighted by Gasteiger charge is -2.41. The van der Waals surface area contributed by atoms with E-state index < -0.39 is 17.2 Å². The molecule has 30 heavy (non-hydrogen) atoms. The van der Waals surface area contributed by atoms with Gasteiger partial charge in [0.1, 0.15) is 17.5 Å². The predicted octanol–water partition coefficient (Wildman–Crippen LogP) is 2.00. The molecule has 0 radical (unpaired) electrons. The summed E-state index contributed by atoms with van der Waals surface area (Å²) in [6.45, 7) is 1.10. The summed E-state index contributed by atoms with van der Waals surface area (Å²) in [5.74, 6) is 1.32. The van der Waals surface area contributed by atoms with E-state index in [0.29, 0.717) is 25.9 Å². The van der Waals surface area contributed by atoms with Crippen LogP contribution in [0.2, 0.25) is 0 Å². The molecule has 1 aromatic carbocycles. The minimum atomic E-state index is -1.26. The van der Waals surface area contributed by atoms with Crippen LogP contribution < -0.4 is 5.32 Å². The van der Waals surface area contributed by atoms with Crippen LogP contribution in [0.25, 0.3) is 0 Å². The fourth-order valence-corrected chi connectivity index (χ4v) is 5.82. The number of piperidine rings is 1. The van der Waals surface area contributed by atoms with E-state index in [2.05, 4.69) is 10.2 Å². The molecular formula is C21H26F2N4O2S. The van der Waals surface area contributed by atoms with Gasteiger partial charge in [-0.25, -0.2) is 13.8 Å². The van der Waals surface area contributed by atoms with Crippen molar-refractivity contribution in [3.05, 3.63) is 35.4 Å².